The molecule has 2 atom stereocenters. The van der Waals surface area contributed by atoms with Crippen LogP contribution in [0.4, 0.5) is 0 Å². The summed E-state index contributed by atoms with van der Waals surface area (Å²) < 4.78 is 38.9. The van der Waals surface area contributed by atoms with Gasteiger partial charge in [-0.25, -0.2) is 4.68 Å². The highest BCUT2D eigenvalue weighted by atomic mass is 32.2. The van der Waals surface area contributed by atoms with Crippen LogP contribution in [0.5, 0.6) is 0 Å². The Balaban J connectivity index is 1.58. The third-order valence-electron chi connectivity index (χ3n) is 4.83. The Hall–Kier alpha value is -1.11. The SMILES string of the molecule is C=CCn1cnn(CN2CCN(S(=O)(=O)N3C[C@@H](C)O[C@H](C)C3)CC2)c1=S. The van der Waals surface area contributed by atoms with Crippen molar-refractivity contribution in [2.45, 2.75) is 39.3 Å². The van der Waals surface area contributed by atoms with Crippen molar-refractivity contribution in [1.82, 2.24) is 27.9 Å². The van der Waals surface area contributed by atoms with Crippen molar-refractivity contribution in [2.75, 3.05) is 39.3 Å². The van der Waals surface area contributed by atoms with Gasteiger partial charge in [0, 0.05) is 45.8 Å². The number of piperazine rings is 1. The van der Waals surface area contributed by atoms with Gasteiger partial charge >= 0.3 is 0 Å². The van der Waals surface area contributed by atoms with E-state index in [1.54, 1.807) is 25.7 Å². The summed E-state index contributed by atoms with van der Waals surface area (Å²) in [5.74, 6) is 0. The summed E-state index contributed by atoms with van der Waals surface area (Å²) in [6.45, 7) is 11.7. The molecule has 2 saturated heterocycles. The molecule has 2 fully saturated rings. The second kappa shape index (κ2) is 8.50. The van der Waals surface area contributed by atoms with Gasteiger partial charge in [0.1, 0.15) is 6.33 Å². The van der Waals surface area contributed by atoms with Gasteiger partial charge in [-0.1, -0.05) is 6.08 Å². The minimum Gasteiger partial charge on any atom is -0.373 e. The van der Waals surface area contributed by atoms with Gasteiger partial charge in [-0.3, -0.25) is 4.90 Å². The molecule has 27 heavy (non-hydrogen) atoms. The van der Waals surface area contributed by atoms with Gasteiger partial charge in [-0.2, -0.15) is 22.1 Å². The number of morpholine rings is 1. The Kier molecular flexibility index (Phi) is 6.49. The molecule has 0 aliphatic carbocycles. The highest BCUT2D eigenvalue weighted by Gasteiger charge is 2.36. The molecule has 0 aromatic carbocycles. The molecule has 3 rings (SSSR count). The average molecular weight is 417 g/mol. The molecule has 0 spiro atoms. The predicted molar refractivity (Wildman–Crippen MR) is 105 cm³/mol. The predicted octanol–water partition coefficient (Wildman–Crippen LogP) is 0.529. The van der Waals surface area contributed by atoms with E-state index in [2.05, 4.69) is 16.6 Å². The number of nitrogens with zero attached hydrogens (tertiary/aromatic N) is 6. The molecule has 0 amide bonds. The monoisotopic (exact) mass is 416 g/mol. The van der Waals surface area contributed by atoms with Crippen LogP contribution in [0, 0.1) is 4.77 Å². The maximum Gasteiger partial charge on any atom is 0.282 e. The lowest BCUT2D eigenvalue weighted by molar-refractivity contribution is -0.0458. The van der Waals surface area contributed by atoms with Crippen molar-refractivity contribution in [2.24, 2.45) is 0 Å². The van der Waals surface area contributed by atoms with Crippen LogP contribution in [0.15, 0.2) is 19.0 Å². The van der Waals surface area contributed by atoms with Crippen molar-refractivity contribution in [3.05, 3.63) is 23.8 Å². The van der Waals surface area contributed by atoms with Gasteiger partial charge in [-0.05, 0) is 26.1 Å². The van der Waals surface area contributed by atoms with E-state index >= 15 is 0 Å². The minimum atomic E-state index is -3.46. The normalized spacial score (nSPS) is 26.3. The van der Waals surface area contributed by atoms with E-state index in [0.29, 0.717) is 57.3 Å². The first-order chi connectivity index (χ1) is 12.8. The number of ether oxygens (including phenoxy) is 1. The molecule has 2 aliphatic heterocycles. The highest BCUT2D eigenvalue weighted by molar-refractivity contribution is 7.86. The molecule has 1 aromatic heterocycles. The van der Waals surface area contributed by atoms with Crippen LogP contribution in [0.1, 0.15) is 13.8 Å². The fraction of sp³-hybridized carbons (Fsp3) is 0.750. The summed E-state index contributed by atoms with van der Waals surface area (Å²) in [5.41, 5.74) is 0. The van der Waals surface area contributed by atoms with Crippen LogP contribution >= 0.6 is 12.2 Å². The van der Waals surface area contributed by atoms with Crippen molar-refractivity contribution in [3.63, 3.8) is 0 Å². The van der Waals surface area contributed by atoms with Crippen molar-refractivity contribution >= 4 is 22.4 Å². The zero-order valence-electron chi connectivity index (χ0n) is 15.9. The quantitative estimate of drug-likeness (QED) is 0.497. The molecule has 2 aliphatic rings. The molecular weight excluding hydrogens is 388 g/mol. The second-order valence-electron chi connectivity index (χ2n) is 7.09. The van der Waals surface area contributed by atoms with Gasteiger partial charge in [0.05, 0.1) is 18.9 Å². The minimum absolute atomic E-state index is 0.0858. The lowest BCUT2D eigenvalue weighted by Gasteiger charge is -2.40. The third kappa shape index (κ3) is 4.66. The van der Waals surface area contributed by atoms with E-state index in [1.807, 2.05) is 18.4 Å². The van der Waals surface area contributed by atoms with Gasteiger partial charge in [0.15, 0.2) is 4.77 Å². The van der Waals surface area contributed by atoms with E-state index < -0.39 is 10.2 Å². The van der Waals surface area contributed by atoms with Gasteiger partial charge in [-0.15, -0.1) is 6.58 Å². The van der Waals surface area contributed by atoms with Gasteiger partial charge in [0.25, 0.3) is 10.2 Å². The molecule has 11 heteroatoms. The maximum atomic E-state index is 13.0. The fourth-order valence-electron chi connectivity index (χ4n) is 3.51. The third-order valence-corrected chi connectivity index (χ3v) is 7.24. The molecule has 3 heterocycles. The van der Waals surface area contributed by atoms with Crippen molar-refractivity contribution in [1.29, 1.82) is 0 Å². The van der Waals surface area contributed by atoms with E-state index in [-0.39, 0.29) is 12.2 Å². The summed E-state index contributed by atoms with van der Waals surface area (Å²) in [6.07, 6.45) is 3.30. The van der Waals surface area contributed by atoms with Crippen LogP contribution in [0.3, 0.4) is 0 Å². The summed E-state index contributed by atoms with van der Waals surface area (Å²) in [6, 6.07) is 0. The number of rotatable bonds is 6. The molecule has 9 nitrogen and oxygen atoms in total. The molecule has 0 unspecified atom stereocenters. The Labute approximate surface area is 166 Å². The maximum absolute atomic E-state index is 13.0. The Morgan fingerprint density at radius 1 is 1.22 bits per heavy atom. The fourth-order valence-corrected chi connectivity index (χ4v) is 5.48. The topological polar surface area (TPSA) is 75.8 Å². The van der Waals surface area contributed by atoms with Crippen LogP contribution in [-0.4, -0.2) is 87.8 Å². The molecule has 1 aromatic rings. The zero-order chi connectivity index (χ0) is 19.6. The molecule has 0 saturated carbocycles. The van der Waals surface area contributed by atoms with Crippen LogP contribution in [0.2, 0.25) is 0 Å². The zero-order valence-corrected chi connectivity index (χ0v) is 17.5. The van der Waals surface area contributed by atoms with Crippen molar-refractivity contribution < 1.29 is 13.2 Å². The average Bonchev–Trinajstić information content (AvgIpc) is 2.95. The summed E-state index contributed by atoms with van der Waals surface area (Å²) in [5, 5.41) is 4.32. The number of allylic oxidation sites excluding steroid dienone is 1. The summed E-state index contributed by atoms with van der Waals surface area (Å²) in [7, 11) is -3.46. The lowest BCUT2D eigenvalue weighted by atomic mass is 10.3. The standard InChI is InChI=1S/C16H28N6O3S2/c1-4-5-19-12-17-22(16(19)26)13-18-6-8-20(9-7-18)27(23,24)21-10-14(2)25-15(3)11-21/h4,12,14-15H,1,5-11,13H2,2-3H3/t14-,15-/m1/s1. The van der Waals surface area contributed by atoms with E-state index in [4.69, 9.17) is 17.0 Å². The number of hydrogen-bond donors (Lipinski definition) is 0. The number of hydrogen-bond acceptors (Lipinski definition) is 6. The van der Waals surface area contributed by atoms with E-state index in [9.17, 15) is 8.42 Å². The van der Waals surface area contributed by atoms with Crippen LogP contribution in [-0.2, 0) is 28.2 Å². The molecule has 152 valence electrons. The lowest BCUT2D eigenvalue weighted by Crippen LogP contribution is -2.57. The molecular formula is C16H28N6O3S2. The molecule has 0 N–H and O–H groups in total. The first-order valence-corrected chi connectivity index (χ1v) is 11.0. The second-order valence-corrected chi connectivity index (χ2v) is 9.39. The molecule has 0 radical (unpaired) electrons. The van der Waals surface area contributed by atoms with Gasteiger partial charge < -0.3 is 9.30 Å². The largest absolute Gasteiger partial charge is 0.373 e. The van der Waals surface area contributed by atoms with E-state index in [0.717, 1.165) is 0 Å². The summed E-state index contributed by atoms with van der Waals surface area (Å²) >= 11 is 5.41. The van der Waals surface area contributed by atoms with Crippen LogP contribution < -0.4 is 0 Å². The smallest absolute Gasteiger partial charge is 0.282 e. The summed E-state index contributed by atoms with van der Waals surface area (Å²) in [4.78, 5) is 2.16. The Bertz CT molecular complexity index is 802. The first kappa shape index (κ1) is 20.6. The Morgan fingerprint density at radius 3 is 2.44 bits per heavy atom. The Morgan fingerprint density at radius 2 is 1.85 bits per heavy atom. The number of aromatic nitrogens is 3. The van der Waals surface area contributed by atoms with Crippen molar-refractivity contribution in [3.8, 4) is 0 Å². The van der Waals surface area contributed by atoms with Gasteiger partial charge in [0.2, 0.25) is 0 Å². The van der Waals surface area contributed by atoms with E-state index in [1.165, 1.54) is 0 Å². The van der Waals surface area contributed by atoms with Crippen LogP contribution in [0.25, 0.3) is 0 Å². The highest BCUT2D eigenvalue weighted by Crippen LogP contribution is 2.19. The first-order valence-electron chi connectivity index (χ1n) is 9.17. The molecule has 0 bridgehead atoms.